The molecule has 0 saturated carbocycles. The van der Waals surface area contributed by atoms with Gasteiger partial charge in [-0.2, -0.15) is 4.98 Å². The van der Waals surface area contributed by atoms with Crippen LogP contribution in [-0.2, 0) is 0 Å². The van der Waals surface area contributed by atoms with Crippen molar-refractivity contribution in [2.45, 2.75) is 19.9 Å². The largest absolute Gasteiger partial charge is 0.394 e. The summed E-state index contributed by atoms with van der Waals surface area (Å²) in [6, 6.07) is 8.26. The van der Waals surface area contributed by atoms with Crippen LogP contribution in [0.5, 0.6) is 0 Å². The lowest BCUT2D eigenvalue weighted by molar-refractivity contribution is 0.248. The lowest BCUT2D eigenvalue weighted by Crippen LogP contribution is -2.30. The smallest absolute Gasteiger partial charge is 0.225 e. The van der Waals surface area contributed by atoms with Crippen LogP contribution < -0.4 is 10.6 Å². The molecule has 0 aliphatic carbocycles. The second kappa shape index (κ2) is 8.71. The number of aliphatic hydroxyl groups excluding tert-OH is 1. The van der Waals surface area contributed by atoms with Crippen molar-refractivity contribution in [3.63, 3.8) is 0 Å². The predicted octanol–water partition coefficient (Wildman–Crippen LogP) is 3.99. The van der Waals surface area contributed by atoms with Crippen LogP contribution >= 0.6 is 0 Å². The summed E-state index contributed by atoms with van der Waals surface area (Å²) in [5.74, 6) is -0.631. The normalized spacial score (nSPS) is 12.1. The molecular formula is C20H21F2N5O. The number of aromatic nitrogens is 3. The molecule has 6 nitrogen and oxygen atoms in total. The van der Waals surface area contributed by atoms with Crippen LogP contribution in [0.25, 0.3) is 11.3 Å². The molecule has 0 unspecified atom stereocenters. The molecule has 3 aromatic rings. The molecular weight excluding hydrogens is 364 g/mol. The summed E-state index contributed by atoms with van der Waals surface area (Å²) < 4.78 is 27.2. The predicted molar refractivity (Wildman–Crippen MR) is 104 cm³/mol. The number of hydrogen-bond acceptors (Lipinski definition) is 6. The monoisotopic (exact) mass is 385 g/mol. The van der Waals surface area contributed by atoms with Gasteiger partial charge < -0.3 is 15.7 Å². The maximum atomic E-state index is 14.0. The average molecular weight is 385 g/mol. The number of rotatable bonds is 7. The molecule has 1 aromatic carbocycles. The van der Waals surface area contributed by atoms with Crippen molar-refractivity contribution in [1.82, 2.24) is 15.0 Å². The summed E-state index contributed by atoms with van der Waals surface area (Å²) in [7, 11) is 0. The molecule has 2 aromatic heterocycles. The Morgan fingerprint density at radius 3 is 2.43 bits per heavy atom. The highest BCUT2D eigenvalue weighted by molar-refractivity contribution is 5.67. The minimum atomic E-state index is -0.728. The van der Waals surface area contributed by atoms with E-state index in [0.717, 1.165) is 17.7 Å². The molecule has 1 atom stereocenters. The maximum Gasteiger partial charge on any atom is 0.225 e. The highest BCUT2D eigenvalue weighted by Crippen LogP contribution is 2.25. The number of nitrogens with zero attached hydrogens (tertiary/aromatic N) is 3. The van der Waals surface area contributed by atoms with E-state index in [-0.39, 0.29) is 30.2 Å². The van der Waals surface area contributed by atoms with Gasteiger partial charge in [0.15, 0.2) is 0 Å². The van der Waals surface area contributed by atoms with Gasteiger partial charge in [-0.3, -0.25) is 4.98 Å². The Balaban J connectivity index is 1.99. The van der Waals surface area contributed by atoms with Crippen LogP contribution in [0.15, 0.2) is 48.8 Å². The van der Waals surface area contributed by atoms with Gasteiger partial charge in [0.25, 0.3) is 0 Å². The highest BCUT2D eigenvalue weighted by Gasteiger charge is 2.15. The van der Waals surface area contributed by atoms with Crippen molar-refractivity contribution in [3.05, 3.63) is 60.4 Å². The van der Waals surface area contributed by atoms with Gasteiger partial charge in [-0.25, -0.2) is 13.8 Å². The Labute approximate surface area is 161 Å². The summed E-state index contributed by atoms with van der Waals surface area (Å²) in [5.41, 5.74) is 1.48. The van der Waals surface area contributed by atoms with Gasteiger partial charge in [-0.15, -0.1) is 0 Å². The molecule has 0 spiro atoms. The number of aliphatic hydroxyl groups is 1. The van der Waals surface area contributed by atoms with Gasteiger partial charge >= 0.3 is 0 Å². The fourth-order valence-electron chi connectivity index (χ4n) is 2.56. The number of anilines is 3. The van der Waals surface area contributed by atoms with Gasteiger partial charge in [0.05, 0.1) is 24.0 Å². The molecule has 0 aliphatic heterocycles. The first kappa shape index (κ1) is 19.6. The van der Waals surface area contributed by atoms with E-state index in [1.165, 1.54) is 6.07 Å². The molecule has 146 valence electrons. The van der Waals surface area contributed by atoms with Crippen molar-refractivity contribution in [3.8, 4) is 11.3 Å². The SMILES string of the molecule is CC(C)[C@@H](CO)Nc1nc(Nc2ccc(F)cc2F)cc(-c2ccncc2)n1. The van der Waals surface area contributed by atoms with Crippen molar-refractivity contribution < 1.29 is 13.9 Å². The third-order valence-electron chi connectivity index (χ3n) is 4.21. The molecule has 0 saturated heterocycles. The second-order valence-corrected chi connectivity index (χ2v) is 6.62. The first-order chi connectivity index (χ1) is 13.5. The zero-order valence-corrected chi connectivity index (χ0v) is 15.5. The molecule has 0 radical (unpaired) electrons. The summed E-state index contributed by atoms with van der Waals surface area (Å²) in [6.07, 6.45) is 3.28. The van der Waals surface area contributed by atoms with E-state index in [9.17, 15) is 13.9 Å². The van der Waals surface area contributed by atoms with Crippen LogP contribution in [0.1, 0.15) is 13.8 Å². The minimum absolute atomic E-state index is 0.0874. The quantitative estimate of drug-likeness (QED) is 0.570. The van der Waals surface area contributed by atoms with E-state index in [0.29, 0.717) is 11.5 Å². The van der Waals surface area contributed by atoms with Crippen molar-refractivity contribution >= 4 is 17.5 Å². The molecule has 28 heavy (non-hydrogen) atoms. The third-order valence-corrected chi connectivity index (χ3v) is 4.21. The Bertz CT molecular complexity index is 937. The van der Waals surface area contributed by atoms with Crippen molar-refractivity contribution in [2.75, 3.05) is 17.2 Å². The zero-order chi connectivity index (χ0) is 20.1. The lowest BCUT2D eigenvalue weighted by atomic mass is 10.1. The van der Waals surface area contributed by atoms with E-state index >= 15 is 0 Å². The summed E-state index contributed by atoms with van der Waals surface area (Å²) >= 11 is 0. The number of halogens is 2. The zero-order valence-electron chi connectivity index (χ0n) is 15.5. The van der Waals surface area contributed by atoms with Crippen LogP contribution in [0.2, 0.25) is 0 Å². The number of nitrogens with one attached hydrogen (secondary N) is 2. The van der Waals surface area contributed by atoms with Gasteiger partial charge in [0.1, 0.15) is 17.5 Å². The standard InChI is InChI=1S/C20H21F2N5O/c1-12(2)18(11-28)26-20-25-17(13-5-7-23-8-6-13)10-19(27-20)24-16-4-3-14(21)9-15(16)22/h3-10,12,18,28H,11H2,1-2H3,(H2,24,25,26,27)/t18-/m1/s1. The molecule has 0 bridgehead atoms. The number of pyridine rings is 1. The number of hydrogen-bond donors (Lipinski definition) is 3. The van der Waals surface area contributed by atoms with Gasteiger partial charge in [-0.05, 0) is 30.2 Å². The van der Waals surface area contributed by atoms with Crippen molar-refractivity contribution in [1.29, 1.82) is 0 Å². The molecule has 3 rings (SSSR count). The van der Waals surface area contributed by atoms with Gasteiger partial charge in [0, 0.05) is 30.1 Å². The molecule has 3 N–H and O–H groups in total. The Hall–Kier alpha value is -3.13. The van der Waals surface area contributed by atoms with E-state index in [1.807, 2.05) is 13.8 Å². The molecule has 0 aliphatic rings. The van der Waals surface area contributed by atoms with E-state index in [2.05, 4.69) is 25.6 Å². The summed E-state index contributed by atoms with van der Waals surface area (Å²) in [5, 5.41) is 15.6. The molecule has 0 fully saturated rings. The summed E-state index contributed by atoms with van der Waals surface area (Å²) in [6.45, 7) is 3.84. The fraction of sp³-hybridized carbons (Fsp3) is 0.250. The lowest BCUT2D eigenvalue weighted by Gasteiger charge is -2.20. The second-order valence-electron chi connectivity index (χ2n) is 6.62. The number of benzene rings is 1. The van der Waals surface area contributed by atoms with Crippen LogP contribution in [0.3, 0.4) is 0 Å². The average Bonchev–Trinajstić information content (AvgIpc) is 2.68. The fourth-order valence-corrected chi connectivity index (χ4v) is 2.56. The van der Waals surface area contributed by atoms with Crippen LogP contribution in [0.4, 0.5) is 26.2 Å². The molecule has 2 heterocycles. The topological polar surface area (TPSA) is 83.0 Å². The third kappa shape index (κ3) is 4.77. The van der Waals surface area contributed by atoms with E-state index in [4.69, 9.17) is 0 Å². The van der Waals surface area contributed by atoms with Gasteiger partial charge in [0.2, 0.25) is 5.95 Å². The van der Waals surface area contributed by atoms with Crippen LogP contribution in [0, 0.1) is 17.6 Å². The minimum Gasteiger partial charge on any atom is -0.394 e. The maximum absolute atomic E-state index is 14.0. The summed E-state index contributed by atoms with van der Waals surface area (Å²) in [4.78, 5) is 12.9. The van der Waals surface area contributed by atoms with E-state index < -0.39 is 11.6 Å². The molecule has 8 heteroatoms. The Morgan fingerprint density at radius 2 is 1.79 bits per heavy atom. The van der Waals surface area contributed by atoms with Crippen molar-refractivity contribution in [2.24, 2.45) is 5.92 Å². The first-order valence-electron chi connectivity index (χ1n) is 8.85. The van der Waals surface area contributed by atoms with E-state index in [1.54, 1.807) is 30.6 Å². The van der Waals surface area contributed by atoms with Gasteiger partial charge in [-0.1, -0.05) is 13.8 Å². The molecule has 0 amide bonds. The first-order valence-corrected chi connectivity index (χ1v) is 8.85. The highest BCUT2D eigenvalue weighted by atomic mass is 19.1. The Kier molecular flexibility index (Phi) is 6.10. The Morgan fingerprint density at radius 1 is 1.04 bits per heavy atom. The van der Waals surface area contributed by atoms with Crippen LogP contribution in [-0.4, -0.2) is 32.7 Å².